The van der Waals surface area contributed by atoms with Gasteiger partial charge in [0.15, 0.2) is 6.10 Å². The Kier molecular flexibility index (Phi) is 7.55. The number of nitrogens with zero attached hydrogens (tertiary/aromatic N) is 2. The second kappa shape index (κ2) is 9.99. The molecule has 0 bridgehead atoms. The molecule has 2 aromatic carbocycles. The van der Waals surface area contributed by atoms with Crippen molar-refractivity contribution in [2.24, 2.45) is 0 Å². The highest BCUT2D eigenvalue weighted by atomic mass is 35.5. The van der Waals surface area contributed by atoms with Gasteiger partial charge in [0.1, 0.15) is 0 Å². The van der Waals surface area contributed by atoms with E-state index in [4.69, 9.17) is 21.1 Å². The molecule has 0 spiro atoms. The molecule has 172 valence electrons. The highest BCUT2D eigenvalue weighted by molar-refractivity contribution is 7.89. The fraction of sp³-hybridized carbons (Fsp3) is 0.364. The molecule has 2 aromatic rings. The normalized spacial score (nSPS) is 15.5. The number of benzene rings is 2. The molecule has 3 rings (SSSR count). The molecule has 0 N–H and O–H groups in total. The van der Waals surface area contributed by atoms with Crippen molar-refractivity contribution in [3.8, 4) is 0 Å². The van der Waals surface area contributed by atoms with Crippen molar-refractivity contribution in [3.63, 3.8) is 0 Å². The largest absolute Gasteiger partial charge is 0.451 e. The van der Waals surface area contributed by atoms with Crippen molar-refractivity contribution in [1.29, 1.82) is 0 Å². The van der Waals surface area contributed by atoms with Crippen LogP contribution in [-0.4, -0.2) is 71.0 Å². The molecule has 1 atom stereocenters. The summed E-state index contributed by atoms with van der Waals surface area (Å²) < 4.78 is 37.1. The van der Waals surface area contributed by atoms with Gasteiger partial charge in [-0.25, -0.2) is 17.5 Å². The van der Waals surface area contributed by atoms with Gasteiger partial charge in [-0.1, -0.05) is 23.7 Å². The SMILES string of the molecule is C[C@@H](OC(=O)c1cc(S(=O)(=O)N(C)C)ccc1N1CCOCC1)C(=O)c1cccc(Cl)c1. The minimum absolute atomic E-state index is 0.0414. The van der Waals surface area contributed by atoms with E-state index in [-0.39, 0.29) is 10.5 Å². The van der Waals surface area contributed by atoms with E-state index in [1.807, 2.05) is 4.90 Å². The number of halogens is 1. The van der Waals surface area contributed by atoms with Crippen LogP contribution in [0.2, 0.25) is 5.02 Å². The predicted octanol–water partition coefficient (Wildman–Crippen LogP) is 2.86. The number of carbonyl (C=O) groups is 2. The van der Waals surface area contributed by atoms with Crippen LogP contribution in [-0.2, 0) is 19.5 Å². The molecule has 1 aliphatic heterocycles. The average molecular weight is 481 g/mol. The summed E-state index contributed by atoms with van der Waals surface area (Å²) >= 11 is 5.95. The topological polar surface area (TPSA) is 93.2 Å². The Hall–Kier alpha value is -2.46. The zero-order valence-electron chi connectivity index (χ0n) is 18.1. The van der Waals surface area contributed by atoms with Crippen LogP contribution in [0.4, 0.5) is 5.69 Å². The number of esters is 1. The van der Waals surface area contributed by atoms with Crippen molar-refractivity contribution in [2.75, 3.05) is 45.3 Å². The fourth-order valence-electron chi connectivity index (χ4n) is 3.28. The van der Waals surface area contributed by atoms with Crippen molar-refractivity contribution in [1.82, 2.24) is 4.31 Å². The minimum Gasteiger partial charge on any atom is -0.451 e. The third-order valence-electron chi connectivity index (χ3n) is 5.08. The van der Waals surface area contributed by atoms with Crippen molar-refractivity contribution >= 4 is 39.1 Å². The van der Waals surface area contributed by atoms with Gasteiger partial charge in [-0.2, -0.15) is 0 Å². The smallest absolute Gasteiger partial charge is 0.341 e. The lowest BCUT2D eigenvalue weighted by Gasteiger charge is -2.30. The number of Topliss-reactive ketones (excluding diaryl/α,β-unsaturated/α-hetero) is 1. The van der Waals surface area contributed by atoms with E-state index >= 15 is 0 Å². The van der Waals surface area contributed by atoms with Crippen molar-refractivity contribution < 1.29 is 27.5 Å². The Morgan fingerprint density at radius 1 is 1.12 bits per heavy atom. The molecule has 0 aromatic heterocycles. The third-order valence-corrected chi connectivity index (χ3v) is 7.13. The molecule has 1 saturated heterocycles. The first kappa shape index (κ1) is 24.2. The van der Waals surface area contributed by atoms with Gasteiger partial charge in [-0.3, -0.25) is 4.79 Å². The van der Waals surface area contributed by atoms with Gasteiger partial charge in [-0.15, -0.1) is 0 Å². The molecule has 8 nitrogen and oxygen atoms in total. The Labute approximate surface area is 192 Å². The maximum atomic E-state index is 13.1. The Morgan fingerprint density at radius 2 is 1.81 bits per heavy atom. The minimum atomic E-state index is -3.77. The van der Waals surface area contributed by atoms with Gasteiger partial charge in [0.05, 0.1) is 29.4 Å². The predicted molar refractivity (Wildman–Crippen MR) is 121 cm³/mol. The second-order valence-corrected chi connectivity index (χ2v) is 10.1. The number of hydrogen-bond acceptors (Lipinski definition) is 7. The summed E-state index contributed by atoms with van der Waals surface area (Å²) in [7, 11) is -0.949. The third kappa shape index (κ3) is 5.29. The van der Waals surface area contributed by atoms with Crippen LogP contribution in [0.1, 0.15) is 27.6 Å². The van der Waals surface area contributed by atoms with Gasteiger partial charge in [0.25, 0.3) is 0 Å². The van der Waals surface area contributed by atoms with Gasteiger partial charge >= 0.3 is 5.97 Å². The van der Waals surface area contributed by atoms with Crippen molar-refractivity contribution in [2.45, 2.75) is 17.9 Å². The number of sulfonamides is 1. The molecule has 32 heavy (non-hydrogen) atoms. The van der Waals surface area contributed by atoms with Crippen LogP contribution in [0, 0.1) is 0 Å². The first-order valence-corrected chi connectivity index (χ1v) is 11.8. The number of morpholine rings is 1. The summed E-state index contributed by atoms with van der Waals surface area (Å²) in [5.74, 6) is -1.20. The molecular formula is C22H25ClN2O6S. The van der Waals surface area contributed by atoms with Gasteiger partial charge in [0, 0.05) is 37.8 Å². The molecule has 0 aliphatic carbocycles. The van der Waals surface area contributed by atoms with Crippen LogP contribution >= 0.6 is 11.6 Å². The van der Waals surface area contributed by atoms with Crippen LogP contribution < -0.4 is 4.90 Å². The summed E-state index contributed by atoms with van der Waals surface area (Å²) in [6.07, 6.45) is -1.09. The highest BCUT2D eigenvalue weighted by Crippen LogP contribution is 2.27. The quantitative estimate of drug-likeness (QED) is 0.444. The highest BCUT2D eigenvalue weighted by Gasteiger charge is 2.27. The lowest BCUT2D eigenvalue weighted by molar-refractivity contribution is 0.0318. The molecule has 10 heteroatoms. The molecule has 0 saturated carbocycles. The molecule has 1 fully saturated rings. The van der Waals surface area contributed by atoms with E-state index in [0.29, 0.717) is 42.6 Å². The molecule has 0 unspecified atom stereocenters. The van der Waals surface area contributed by atoms with Crippen LogP contribution in [0.3, 0.4) is 0 Å². The molecular weight excluding hydrogens is 456 g/mol. The van der Waals surface area contributed by atoms with E-state index in [2.05, 4.69) is 0 Å². The number of anilines is 1. The summed E-state index contributed by atoms with van der Waals surface area (Å²) in [6.45, 7) is 3.51. The first-order chi connectivity index (χ1) is 15.1. The summed E-state index contributed by atoms with van der Waals surface area (Å²) in [4.78, 5) is 27.7. The monoisotopic (exact) mass is 480 g/mol. The van der Waals surface area contributed by atoms with Crippen LogP contribution in [0.5, 0.6) is 0 Å². The summed E-state index contributed by atoms with van der Waals surface area (Å²) in [6, 6.07) is 10.7. The van der Waals surface area contributed by atoms with Crippen LogP contribution in [0.15, 0.2) is 47.4 Å². The molecule has 1 aliphatic rings. The van der Waals surface area contributed by atoms with E-state index < -0.39 is 27.9 Å². The molecule has 0 amide bonds. The lowest BCUT2D eigenvalue weighted by atomic mass is 10.1. The van der Waals surface area contributed by atoms with Crippen LogP contribution in [0.25, 0.3) is 0 Å². The van der Waals surface area contributed by atoms with Gasteiger partial charge in [-0.05, 0) is 37.3 Å². The number of carbonyl (C=O) groups excluding carboxylic acids is 2. The maximum absolute atomic E-state index is 13.1. The van der Waals surface area contributed by atoms with Gasteiger partial charge < -0.3 is 14.4 Å². The maximum Gasteiger partial charge on any atom is 0.341 e. The first-order valence-electron chi connectivity index (χ1n) is 10.0. The molecule has 0 radical (unpaired) electrons. The second-order valence-electron chi connectivity index (χ2n) is 7.49. The van der Waals surface area contributed by atoms with Gasteiger partial charge in [0.2, 0.25) is 15.8 Å². The van der Waals surface area contributed by atoms with E-state index in [1.54, 1.807) is 24.3 Å². The van der Waals surface area contributed by atoms with E-state index in [1.165, 1.54) is 39.2 Å². The number of ketones is 1. The van der Waals surface area contributed by atoms with E-state index in [9.17, 15) is 18.0 Å². The Morgan fingerprint density at radius 3 is 2.44 bits per heavy atom. The standard InChI is InChI=1S/C22H25ClN2O6S/c1-15(21(26)16-5-4-6-17(23)13-16)31-22(27)19-14-18(32(28,29)24(2)3)7-8-20(19)25-9-11-30-12-10-25/h4-8,13-15H,9-12H2,1-3H3/t15-/m1/s1. The number of hydrogen-bond donors (Lipinski definition) is 0. The lowest BCUT2D eigenvalue weighted by Crippen LogP contribution is -2.37. The summed E-state index contributed by atoms with van der Waals surface area (Å²) in [5.41, 5.74) is 0.911. The fourth-order valence-corrected chi connectivity index (χ4v) is 4.40. The Balaban J connectivity index is 1.93. The zero-order valence-corrected chi connectivity index (χ0v) is 19.6. The number of ether oxygens (including phenoxy) is 2. The Bertz CT molecular complexity index is 1110. The zero-order chi connectivity index (χ0) is 23.5. The van der Waals surface area contributed by atoms with E-state index in [0.717, 1.165) is 4.31 Å². The average Bonchev–Trinajstić information content (AvgIpc) is 2.78. The molecule has 1 heterocycles. The number of rotatable bonds is 7. The van der Waals surface area contributed by atoms with Crippen molar-refractivity contribution in [3.05, 3.63) is 58.6 Å². The summed E-state index contributed by atoms with van der Waals surface area (Å²) in [5, 5.41) is 0.394.